The first-order valence-corrected chi connectivity index (χ1v) is 7.89. The molecule has 0 fully saturated rings. The minimum atomic E-state index is -0.398. The number of thioether (sulfide) groups is 1. The van der Waals surface area contributed by atoms with Gasteiger partial charge in [-0.2, -0.15) is 0 Å². The summed E-state index contributed by atoms with van der Waals surface area (Å²) in [6.45, 7) is 7.30. The standard InChI is InChI=1S/C15H20ClNO3S/c1-8-6-9(2)13(12(16)7-8)17-14(18)10(3)21-11(4)15(19)20-5/h6-7,10-11H,1-5H3,(H,17,18). The van der Waals surface area contributed by atoms with Crippen LogP contribution in [0.1, 0.15) is 25.0 Å². The lowest BCUT2D eigenvalue weighted by Gasteiger charge is -2.17. The lowest BCUT2D eigenvalue weighted by atomic mass is 10.1. The summed E-state index contributed by atoms with van der Waals surface area (Å²) in [6.07, 6.45) is 0. The van der Waals surface area contributed by atoms with Gasteiger partial charge in [0.25, 0.3) is 0 Å². The molecule has 1 rings (SSSR count). The number of carbonyl (C=O) groups excluding carboxylic acids is 2. The number of aryl methyl sites for hydroxylation is 2. The average molecular weight is 330 g/mol. The molecule has 2 atom stereocenters. The van der Waals surface area contributed by atoms with Crippen LogP contribution in [0.2, 0.25) is 5.02 Å². The molecule has 116 valence electrons. The smallest absolute Gasteiger partial charge is 0.318 e. The van der Waals surface area contributed by atoms with E-state index in [0.29, 0.717) is 10.7 Å². The molecule has 0 aliphatic heterocycles. The van der Waals surface area contributed by atoms with Crippen molar-refractivity contribution < 1.29 is 14.3 Å². The molecule has 4 nitrogen and oxygen atoms in total. The Kier molecular flexibility index (Phi) is 6.55. The van der Waals surface area contributed by atoms with E-state index in [-0.39, 0.29) is 11.9 Å². The van der Waals surface area contributed by atoms with Gasteiger partial charge in [0.2, 0.25) is 5.91 Å². The minimum absolute atomic E-state index is 0.190. The molecule has 0 saturated carbocycles. The molecule has 0 spiro atoms. The number of nitrogens with one attached hydrogen (secondary N) is 1. The Morgan fingerprint density at radius 2 is 1.86 bits per heavy atom. The SMILES string of the molecule is COC(=O)C(C)SC(C)C(=O)Nc1c(C)cc(C)cc1Cl. The second-order valence-corrected chi connectivity index (χ2v) is 6.97. The maximum absolute atomic E-state index is 12.2. The Morgan fingerprint density at radius 3 is 2.38 bits per heavy atom. The van der Waals surface area contributed by atoms with Gasteiger partial charge >= 0.3 is 5.97 Å². The number of rotatable bonds is 5. The van der Waals surface area contributed by atoms with Gasteiger partial charge in [-0.15, -0.1) is 11.8 Å². The molecule has 2 unspecified atom stereocenters. The number of benzene rings is 1. The Bertz CT molecular complexity index is 525. The molecule has 1 amide bonds. The number of methoxy groups -OCH3 is 1. The lowest BCUT2D eigenvalue weighted by Crippen LogP contribution is -2.27. The van der Waals surface area contributed by atoms with E-state index in [9.17, 15) is 9.59 Å². The molecule has 0 radical (unpaired) electrons. The van der Waals surface area contributed by atoms with Crippen LogP contribution in [0.25, 0.3) is 0 Å². The van der Waals surface area contributed by atoms with E-state index in [4.69, 9.17) is 11.6 Å². The Morgan fingerprint density at radius 1 is 1.24 bits per heavy atom. The van der Waals surface area contributed by atoms with Crippen LogP contribution in [0.3, 0.4) is 0 Å². The Balaban J connectivity index is 2.75. The topological polar surface area (TPSA) is 55.4 Å². The predicted octanol–water partition coefficient (Wildman–Crippen LogP) is 3.58. The summed E-state index contributed by atoms with van der Waals surface area (Å²) in [5.74, 6) is -0.534. The van der Waals surface area contributed by atoms with Crippen LogP contribution in [-0.4, -0.2) is 29.5 Å². The van der Waals surface area contributed by atoms with E-state index in [1.807, 2.05) is 19.9 Å². The summed E-state index contributed by atoms with van der Waals surface area (Å²) in [5.41, 5.74) is 2.56. The molecular formula is C15H20ClNO3S. The average Bonchev–Trinajstić information content (AvgIpc) is 2.41. The second-order valence-electron chi connectivity index (χ2n) is 4.87. The molecule has 21 heavy (non-hydrogen) atoms. The van der Waals surface area contributed by atoms with Crippen LogP contribution < -0.4 is 5.32 Å². The largest absolute Gasteiger partial charge is 0.468 e. The number of ether oxygens (including phenoxy) is 1. The highest BCUT2D eigenvalue weighted by Gasteiger charge is 2.23. The monoisotopic (exact) mass is 329 g/mol. The third-order valence-electron chi connectivity index (χ3n) is 2.99. The van der Waals surface area contributed by atoms with Gasteiger partial charge in [-0.25, -0.2) is 0 Å². The van der Waals surface area contributed by atoms with Gasteiger partial charge in [-0.05, 0) is 44.9 Å². The summed E-state index contributed by atoms with van der Waals surface area (Å²) in [7, 11) is 1.33. The van der Waals surface area contributed by atoms with Gasteiger partial charge in [0, 0.05) is 0 Å². The fourth-order valence-corrected chi connectivity index (χ4v) is 3.26. The zero-order valence-corrected chi connectivity index (χ0v) is 14.4. The first-order valence-electron chi connectivity index (χ1n) is 6.57. The van der Waals surface area contributed by atoms with E-state index >= 15 is 0 Å². The molecule has 1 N–H and O–H groups in total. The summed E-state index contributed by atoms with van der Waals surface area (Å²) >= 11 is 7.41. The molecule has 0 saturated heterocycles. The van der Waals surface area contributed by atoms with Gasteiger partial charge in [0.1, 0.15) is 5.25 Å². The molecule has 0 bridgehead atoms. The first-order chi connectivity index (χ1) is 9.76. The van der Waals surface area contributed by atoms with E-state index < -0.39 is 10.5 Å². The highest BCUT2D eigenvalue weighted by molar-refractivity contribution is 8.01. The maximum Gasteiger partial charge on any atom is 0.318 e. The van der Waals surface area contributed by atoms with Crippen LogP contribution in [0.5, 0.6) is 0 Å². The number of hydrogen-bond donors (Lipinski definition) is 1. The lowest BCUT2D eigenvalue weighted by molar-refractivity contribution is -0.139. The quantitative estimate of drug-likeness (QED) is 0.839. The fraction of sp³-hybridized carbons (Fsp3) is 0.467. The van der Waals surface area contributed by atoms with Crippen LogP contribution in [0.15, 0.2) is 12.1 Å². The van der Waals surface area contributed by atoms with Crippen LogP contribution in [-0.2, 0) is 14.3 Å². The first kappa shape index (κ1) is 17.9. The van der Waals surface area contributed by atoms with Crippen LogP contribution >= 0.6 is 23.4 Å². The predicted molar refractivity (Wildman–Crippen MR) is 88.1 cm³/mol. The number of carbonyl (C=O) groups is 2. The zero-order valence-electron chi connectivity index (χ0n) is 12.8. The van der Waals surface area contributed by atoms with Crippen molar-refractivity contribution in [3.8, 4) is 0 Å². The van der Waals surface area contributed by atoms with E-state index in [2.05, 4.69) is 10.1 Å². The van der Waals surface area contributed by atoms with Crippen molar-refractivity contribution in [3.63, 3.8) is 0 Å². The number of anilines is 1. The van der Waals surface area contributed by atoms with Crippen LogP contribution in [0.4, 0.5) is 5.69 Å². The van der Waals surface area contributed by atoms with Crippen molar-refractivity contribution in [2.75, 3.05) is 12.4 Å². The van der Waals surface area contributed by atoms with Crippen molar-refractivity contribution in [1.29, 1.82) is 0 Å². The number of halogens is 1. The molecule has 1 aromatic rings. The summed E-state index contributed by atoms with van der Waals surface area (Å²) in [5, 5.41) is 2.55. The van der Waals surface area contributed by atoms with E-state index in [0.717, 1.165) is 11.1 Å². The van der Waals surface area contributed by atoms with Gasteiger partial charge in [-0.3, -0.25) is 9.59 Å². The fourth-order valence-electron chi connectivity index (χ4n) is 1.89. The summed E-state index contributed by atoms with van der Waals surface area (Å²) < 4.78 is 4.65. The van der Waals surface area contributed by atoms with Gasteiger partial charge < -0.3 is 10.1 Å². The molecule has 0 aliphatic carbocycles. The third kappa shape index (κ3) is 4.93. The molecular weight excluding hydrogens is 310 g/mol. The van der Waals surface area contributed by atoms with Crippen molar-refractivity contribution in [3.05, 3.63) is 28.3 Å². The van der Waals surface area contributed by atoms with E-state index in [1.165, 1.54) is 18.9 Å². The van der Waals surface area contributed by atoms with Crippen molar-refractivity contribution in [1.82, 2.24) is 0 Å². The number of hydrogen-bond acceptors (Lipinski definition) is 4. The molecule has 0 aliphatic rings. The Hall–Kier alpha value is -1.20. The van der Waals surface area contributed by atoms with Gasteiger partial charge in [0.05, 0.1) is 23.1 Å². The minimum Gasteiger partial charge on any atom is -0.468 e. The highest BCUT2D eigenvalue weighted by atomic mass is 35.5. The highest BCUT2D eigenvalue weighted by Crippen LogP contribution is 2.28. The zero-order chi connectivity index (χ0) is 16.2. The molecule has 0 aromatic heterocycles. The maximum atomic E-state index is 12.2. The number of amides is 1. The Labute approximate surface area is 134 Å². The van der Waals surface area contributed by atoms with Crippen molar-refractivity contribution in [2.45, 2.75) is 38.2 Å². The summed E-state index contributed by atoms with van der Waals surface area (Å²) in [4.78, 5) is 23.6. The number of esters is 1. The molecule has 0 heterocycles. The van der Waals surface area contributed by atoms with Crippen molar-refractivity contribution in [2.24, 2.45) is 0 Å². The normalized spacial score (nSPS) is 13.4. The van der Waals surface area contributed by atoms with E-state index in [1.54, 1.807) is 19.9 Å². The third-order valence-corrected chi connectivity index (χ3v) is 4.51. The molecule has 1 aromatic carbocycles. The molecule has 6 heteroatoms. The second kappa shape index (κ2) is 7.71. The summed E-state index contributed by atoms with van der Waals surface area (Å²) in [6, 6.07) is 3.76. The van der Waals surface area contributed by atoms with Gasteiger partial charge in [0.15, 0.2) is 0 Å². The van der Waals surface area contributed by atoms with Crippen LogP contribution in [0, 0.1) is 13.8 Å². The van der Waals surface area contributed by atoms with Crippen molar-refractivity contribution >= 4 is 40.9 Å². The van der Waals surface area contributed by atoms with Gasteiger partial charge in [-0.1, -0.05) is 17.7 Å².